The molecule has 7 nitrogen and oxygen atoms in total. The van der Waals surface area contributed by atoms with Crippen molar-refractivity contribution >= 4 is 41.5 Å². The summed E-state index contributed by atoms with van der Waals surface area (Å²) in [7, 11) is 7.07. The fourth-order valence-electron chi connectivity index (χ4n) is 3.75. The van der Waals surface area contributed by atoms with Gasteiger partial charge in [0.05, 0.1) is 7.11 Å². The maximum absolute atomic E-state index is 12.2. The van der Waals surface area contributed by atoms with E-state index in [9.17, 15) is 4.79 Å². The number of nitrogens with one attached hydrogen (secondary N) is 1. The van der Waals surface area contributed by atoms with Gasteiger partial charge in [-0.1, -0.05) is 18.2 Å². The largest absolute Gasteiger partial charge is 0.497 e. The highest BCUT2D eigenvalue weighted by Gasteiger charge is 2.20. The van der Waals surface area contributed by atoms with E-state index < -0.39 is 0 Å². The molecule has 0 bridgehead atoms. The third-order valence-corrected chi connectivity index (χ3v) is 5.49. The number of guanidine groups is 1. The molecule has 0 spiro atoms. The van der Waals surface area contributed by atoms with Gasteiger partial charge in [0, 0.05) is 71.2 Å². The second-order valence-corrected chi connectivity index (χ2v) is 7.80. The van der Waals surface area contributed by atoms with Crippen LogP contribution >= 0.6 is 24.0 Å². The summed E-state index contributed by atoms with van der Waals surface area (Å²) >= 11 is 0. The molecule has 2 aromatic carbocycles. The van der Waals surface area contributed by atoms with Crippen LogP contribution in [0, 0.1) is 0 Å². The first-order valence-corrected chi connectivity index (χ1v) is 10.7. The minimum absolute atomic E-state index is 0. The molecule has 1 amide bonds. The molecule has 1 N–H and O–H groups in total. The molecule has 1 heterocycles. The number of anilines is 1. The van der Waals surface area contributed by atoms with Crippen molar-refractivity contribution < 1.29 is 9.53 Å². The molecule has 0 aliphatic carbocycles. The summed E-state index contributed by atoms with van der Waals surface area (Å²) in [5.41, 5.74) is 3.05. The number of hydrogen-bond acceptors (Lipinski definition) is 4. The molecule has 32 heavy (non-hydrogen) atoms. The quantitative estimate of drug-likeness (QED) is 0.340. The van der Waals surface area contributed by atoms with E-state index in [1.165, 1.54) is 5.69 Å². The van der Waals surface area contributed by atoms with Crippen LogP contribution in [0.1, 0.15) is 15.9 Å². The Morgan fingerprint density at radius 1 is 1.09 bits per heavy atom. The van der Waals surface area contributed by atoms with Crippen LogP contribution in [0.5, 0.6) is 5.75 Å². The van der Waals surface area contributed by atoms with E-state index in [1.807, 2.05) is 37.4 Å². The Bertz CT molecular complexity index is 911. The van der Waals surface area contributed by atoms with Crippen LogP contribution in [-0.4, -0.2) is 82.6 Å². The minimum atomic E-state index is 0. The van der Waals surface area contributed by atoms with E-state index >= 15 is 0 Å². The molecule has 0 saturated carbocycles. The number of carbonyl (C=O) groups is 1. The average Bonchev–Trinajstić information content (AvgIpc) is 2.81. The van der Waals surface area contributed by atoms with Crippen LogP contribution in [0.15, 0.2) is 53.5 Å². The van der Waals surface area contributed by atoms with Crippen molar-refractivity contribution in [2.45, 2.75) is 6.42 Å². The monoisotopic (exact) mass is 551 g/mol. The summed E-state index contributed by atoms with van der Waals surface area (Å²) in [6.07, 6.45) is 0.831. The third kappa shape index (κ3) is 6.75. The minimum Gasteiger partial charge on any atom is -0.497 e. The van der Waals surface area contributed by atoms with Gasteiger partial charge in [0.15, 0.2) is 5.96 Å². The summed E-state index contributed by atoms with van der Waals surface area (Å²) in [5, 5.41) is 3.47. The molecule has 8 heteroatoms. The molecular weight excluding hydrogens is 517 g/mol. The highest BCUT2D eigenvalue weighted by atomic mass is 127. The van der Waals surface area contributed by atoms with Gasteiger partial charge in [0.25, 0.3) is 5.91 Å². The first-order chi connectivity index (χ1) is 15.0. The normalized spacial score (nSPS) is 13.9. The Balaban J connectivity index is 0.00000363. The van der Waals surface area contributed by atoms with Crippen molar-refractivity contribution in [1.82, 2.24) is 15.1 Å². The number of aliphatic imine (C=N–C) groups is 1. The van der Waals surface area contributed by atoms with Crippen LogP contribution in [-0.2, 0) is 6.42 Å². The average molecular weight is 551 g/mol. The number of ether oxygens (including phenoxy) is 1. The molecule has 1 aliphatic rings. The van der Waals surface area contributed by atoms with Gasteiger partial charge in [-0.05, 0) is 36.2 Å². The summed E-state index contributed by atoms with van der Waals surface area (Å²) in [6.45, 7) is 4.45. The molecule has 0 aromatic heterocycles. The van der Waals surface area contributed by atoms with Gasteiger partial charge in [-0.15, -0.1) is 24.0 Å². The van der Waals surface area contributed by atoms with E-state index in [-0.39, 0.29) is 29.9 Å². The molecule has 0 atom stereocenters. The van der Waals surface area contributed by atoms with E-state index in [0.717, 1.165) is 62.0 Å². The lowest BCUT2D eigenvalue weighted by atomic mass is 10.1. The summed E-state index contributed by atoms with van der Waals surface area (Å²) in [6, 6.07) is 16.0. The molecule has 1 aliphatic heterocycles. The second kappa shape index (κ2) is 12.5. The van der Waals surface area contributed by atoms with Crippen molar-refractivity contribution in [3.8, 4) is 5.75 Å². The van der Waals surface area contributed by atoms with Crippen molar-refractivity contribution in [2.24, 2.45) is 4.99 Å². The molecule has 1 saturated heterocycles. The fraction of sp³-hybridized carbons (Fsp3) is 0.417. The zero-order valence-corrected chi connectivity index (χ0v) is 21.7. The van der Waals surface area contributed by atoms with Gasteiger partial charge in [0.2, 0.25) is 0 Å². The maximum atomic E-state index is 12.2. The number of nitrogens with zero attached hydrogens (tertiary/aromatic N) is 4. The first kappa shape index (κ1) is 25.8. The molecular formula is C24H34IN5O2. The van der Waals surface area contributed by atoms with E-state index in [4.69, 9.17) is 4.74 Å². The topological polar surface area (TPSA) is 60.4 Å². The van der Waals surface area contributed by atoms with E-state index in [2.05, 4.69) is 38.3 Å². The van der Waals surface area contributed by atoms with Crippen LogP contribution in [0.3, 0.4) is 0 Å². The SMILES string of the molecule is CN=C(NCCc1cccc(C(=O)N(C)C)c1)N1CCN(c2cccc(OC)c2)CC1.I. The maximum Gasteiger partial charge on any atom is 0.253 e. The molecule has 1 fully saturated rings. The van der Waals surface area contributed by atoms with Crippen LogP contribution < -0.4 is 15.0 Å². The Hall–Kier alpha value is -2.49. The molecule has 174 valence electrons. The highest BCUT2D eigenvalue weighted by molar-refractivity contribution is 14.0. The molecule has 0 radical (unpaired) electrons. The Morgan fingerprint density at radius 2 is 1.81 bits per heavy atom. The summed E-state index contributed by atoms with van der Waals surface area (Å²) in [5.74, 6) is 1.83. The Labute approximate surface area is 208 Å². The lowest BCUT2D eigenvalue weighted by Gasteiger charge is -2.37. The zero-order valence-electron chi connectivity index (χ0n) is 19.4. The van der Waals surface area contributed by atoms with Gasteiger partial charge >= 0.3 is 0 Å². The van der Waals surface area contributed by atoms with Gasteiger partial charge in [-0.3, -0.25) is 9.79 Å². The summed E-state index contributed by atoms with van der Waals surface area (Å²) < 4.78 is 5.35. The van der Waals surface area contributed by atoms with E-state index in [1.54, 1.807) is 26.1 Å². The second-order valence-electron chi connectivity index (χ2n) is 7.80. The van der Waals surface area contributed by atoms with Crippen LogP contribution in [0.25, 0.3) is 0 Å². The number of benzene rings is 2. The van der Waals surface area contributed by atoms with E-state index in [0.29, 0.717) is 0 Å². The molecule has 0 unspecified atom stereocenters. The van der Waals surface area contributed by atoms with Crippen LogP contribution in [0.2, 0.25) is 0 Å². The van der Waals surface area contributed by atoms with Gasteiger partial charge in [0.1, 0.15) is 5.75 Å². The number of halogens is 1. The highest BCUT2D eigenvalue weighted by Crippen LogP contribution is 2.22. The van der Waals surface area contributed by atoms with Crippen molar-refractivity contribution in [3.05, 3.63) is 59.7 Å². The Kier molecular flexibility index (Phi) is 10.1. The third-order valence-electron chi connectivity index (χ3n) is 5.49. The number of piperazine rings is 1. The van der Waals surface area contributed by atoms with Crippen LogP contribution in [0.4, 0.5) is 5.69 Å². The predicted octanol–water partition coefficient (Wildman–Crippen LogP) is 2.96. The van der Waals surface area contributed by atoms with Gasteiger partial charge < -0.3 is 24.8 Å². The molecule has 2 aromatic rings. The lowest BCUT2D eigenvalue weighted by Crippen LogP contribution is -2.52. The number of amides is 1. The number of methoxy groups -OCH3 is 1. The summed E-state index contributed by atoms with van der Waals surface area (Å²) in [4.78, 5) is 22.9. The predicted molar refractivity (Wildman–Crippen MR) is 142 cm³/mol. The number of carbonyl (C=O) groups excluding carboxylic acids is 1. The standard InChI is InChI=1S/C24H33N5O2.HI/c1-25-24(26-12-11-19-7-5-8-20(17-19)23(30)27(2)3)29-15-13-28(14-16-29)21-9-6-10-22(18-21)31-4;/h5-10,17-18H,11-16H2,1-4H3,(H,25,26);1H. The Morgan fingerprint density at radius 3 is 2.47 bits per heavy atom. The fourth-order valence-corrected chi connectivity index (χ4v) is 3.75. The smallest absolute Gasteiger partial charge is 0.253 e. The molecule has 3 rings (SSSR count). The van der Waals surface area contributed by atoms with Crippen molar-refractivity contribution in [3.63, 3.8) is 0 Å². The first-order valence-electron chi connectivity index (χ1n) is 10.7. The number of rotatable bonds is 6. The number of hydrogen-bond donors (Lipinski definition) is 1. The van der Waals surface area contributed by atoms with Gasteiger partial charge in [-0.2, -0.15) is 0 Å². The lowest BCUT2D eigenvalue weighted by molar-refractivity contribution is 0.0827. The van der Waals surface area contributed by atoms with Crippen molar-refractivity contribution in [2.75, 3.05) is 65.9 Å². The zero-order chi connectivity index (χ0) is 22.2. The van der Waals surface area contributed by atoms with Crippen molar-refractivity contribution in [1.29, 1.82) is 0 Å². The van der Waals surface area contributed by atoms with Gasteiger partial charge in [-0.25, -0.2) is 0 Å².